The SMILES string of the molecule is COc1ccc2c(c1)C1(CCN(C(=O)c3ccc(F)cc3)C1)C(=O)N2C. The maximum Gasteiger partial charge on any atom is 0.253 e. The van der Waals surface area contributed by atoms with Crippen LogP contribution in [-0.4, -0.2) is 44.0 Å². The number of hydrogen-bond acceptors (Lipinski definition) is 3. The zero-order valence-corrected chi connectivity index (χ0v) is 14.7. The van der Waals surface area contributed by atoms with Gasteiger partial charge in [-0.1, -0.05) is 0 Å². The zero-order chi connectivity index (χ0) is 18.5. The molecular formula is C20H19FN2O3. The quantitative estimate of drug-likeness (QED) is 0.833. The summed E-state index contributed by atoms with van der Waals surface area (Å²) in [7, 11) is 3.35. The number of likely N-dealkylation sites (N-methyl/N-ethyl adjacent to an activating group) is 1. The number of benzene rings is 2. The summed E-state index contributed by atoms with van der Waals surface area (Å²) in [6.45, 7) is 0.791. The van der Waals surface area contributed by atoms with Crippen LogP contribution in [0.2, 0.25) is 0 Å². The van der Waals surface area contributed by atoms with Gasteiger partial charge in [-0.15, -0.1) is 0 Å². The van der Waals surface area contributed by atoms with Crippen LogP contribution in [-0.2, 0) is 10.2 Å². The lowest BCUT2D eigenvalue weighted by molar-refractivity contribution is -0.122. The molecule has 2 aromatic rings. The summed E-state index contributed by atoms with van der Waals surface area (Å²) in [5.41, 5.74) is 1.44. The number of likely N-dealkylation sites (tertiary alicyclic amines) is 1. The molecule has 0 N–H and O–H groups in total. The van der Waals surface area contributed by atoms with Gasteiger partial charge in [-0.3, -0.25) is 9.59 Å². The fourth-order valence-corrected chi connectivity index (χ4v) is 4.02. The van der Waals surface area contributed by atoms with Crippen LogP contribution >= 0.6 is 0 Å². The van der Waals surface area contributed by atoms with Gasteiger partial charge in [0, 0.05) is 31.4 Å². The Balaban J connectivity index is 1.68. The second kappa shape index (κ2) is 5.83. The first kappa shape index (κ1) is 16.6. The van der Waals surface area contributed by atoms with Gasteiger partial charge in [0.1, 0.15) is 11.6 Å². The Morgan fingerprint density at radius 3 is 2.62 bits per heavy atom. The fraction of sp³-hybridized carbons (Fsp3) is 0.300. The summed E-state index contributed by atoms with van der Waals surface area (Å²) in [5.74, 6) is 0.117. The van der Waals surface area contributed by atoms with Crippen molar-refractivity contribution in [3.05, 3.63) is 59.4 Å². The summed E-state index contributed by atoms with van der Waals surface area (Å²) in [6.07, 6.45) is 0.559. The number of nitrogens with zero attached hydrogens (tertiary/aromatic N) is 2. The molecule has 134 valence electrons. The first-order valence-corrected chi connectivity index (χ1v) is 8.48. The molecule has 0 aromatic heterocycles. The maximum absolute atomic E-state index is 13.1. The number of halogens is 1. The van der Waals surface area contributed by atoms with Crippen molar-refractivity contribution < 1.29 is 18.7 Å². The highest BCUT2D eigenvalue weighted by molar-refractivity contribution is 6.09. The molecule has 1 atom stereocenters. The minimum Gasteiger partial charge on any atom is -0.497 e. The van der Waals surface area contributed by atoms with Crippen molar-refractivity contribution >= 4 is 17.5 Å². The number of rotatable bonds is 2. The second-order valence-electron chi connectivity index (χ2n) is 6.81. The van der Waals surface area contributed by atoms with Crippen molar-refractivity contribution in [2.45, 2.75) is 11.8 Å². The molecule has 2 aliphatic heterocycles. The molecule has 6 heteroatoms. The Morgan fingerprint density at radius 1 is 1.19 bits per heavy atom. The number of fused-ring (bicyclic) bond motifs is 2. The number of ether oxygens (including phenoxy) is 1. The van der Waals surface area contributed by atoms with Crippen LogP contribution in [0.1, 0.15) is 22.3 Å². The number of carbonyl (C=O) groups excluding carboxylic acids is 2. The van der Waals surface area contributed by atoms with Crippen LogP contribution in [0.4, 0.5) is 10.1 Å². The van der Waals surface area contributed by atoms with E-state index in [-0.39, 0.29) is 17.6 Å². The number of amides is 2. The molecule has 0 bridgehead atoms. The lowest BCUT2D eigenvalue weighted by Gasteiger charge is -2.23. The van der Waals surface area contributed by atoms with Gasteiger partial charge < -0.3 is 14.5 Å². The Bertz CT molecular complexity index is 896. The van der Waals surface area contributed by atoms with Crippen LogP contribution < -0.4 is 9.64 Å². The molecule has 1 fully saturated rings. The molecule has 26 heavy (non-hydrogen) atoms. The first-order valence-electron chi connectivity index (χ1n) is 8.48. The van der Waals surface area contributed by atoms with Gasteiger partial charge in [0.2, 0.25) is 5.91 Å². The van der Waals surface area contributed by atoms with E-state index in [2.05, 4.69) is 0 Å². The van der Waals surface area contributed by atoms with Crippen LogP contribution in [0, 0.1) is 5.82 Å². The van der Waals surface area contributed by atoms with Crippen LogP contribution in [0.25, 0.3) is 0 Å². The average Bonchev–Trinajstić information content (AvgIpc) is 3.19. The largest absolute Gasteiger partial charge is 0.497 e. The molecule has 1 spiro atoms. The number of methoxy groups -OCH3 is 1. The van der Waals surface area contributed by atoms with Crippen molar-refractivity contribution in [3.8, 4) is 5.75 Å². The third-order valence-corrected chi connectivity index (χ3v) is 5.44. The highest BCUT2D eigenvalue weighted by atomic mass is 19.1. The standard InChI is InChI=1S/C20H19FN2O3/c1-22-17-8-7-15(26-2)11-16(17)20(19(22)25)9-10-23(12-20)18(24)13-3-5-14(21)6-4-13/h3-8,11H,9-10,12H2,1-2H3. The fourth-order valence-electron chi connectivity index (χ4n) is 4.02. The van der Waals surface area contributed by atoms with Gasteiger partial charge in [-0.25, -0.2) is 4.39 Å². The van der Waals surface area contributed by atoms with Crippen molar-refractivity contribution in [1.29, 1.82) is 0 Å². The van der Waals surface area contributed by atoms with E-state index in [0.717, 1.165) is 11.3 Å². The predicted molar refractivity (Wildman–Crippen MR) is 95.0 cm³/mol. The Labute approximate surface area is 151 Å². The van der Waals surface area contributed by atoms with Gasteiger partial charge in [0.15, 0.2) is 0 Å². The Kier molecular flexibility index (Phi) is 3.72. The maximum atomic E-state index is 13.1. The molecule has 2 aromatic carbocycles. The van der Waals surface area contributed by atoms with E-state index in [1.807, 2.05) is 18.2 Å². The van der Waals surface area contributed by atoms with E-state index < -0.39 is 5.41 Å². The second-order valence-corrected chi connectivity index (χ2v) is 6.81. The number of anilines is 1. The van der Waals surface area contributed by atoms with Crippen molar-refractivity contribution in [2.24, 2.45) is 0 Å². The molecule has 2 heterocycles. The minimum atomic E-state index is -0.742. The predicted octanol–water partition coefficient (Wildman–Crippen LogP) is 2.59. The van der Waals surface area contributed by atoms with E-state index in [9.17, 15) is 14.0 Å². The summed E-state index contributed by atoms with van der Waals surface area (Å²) < 4.78 is 18.4. The summed E-state index contributed by atoms with van der Waals surface area (Å²) >= 11 is 0. The molecular weight excluding hydrogens is 335 g/mol. The van der Waals surface area contributed by atoms with E-state index in [4.69, 9.17) is 4.74 Å². The Hall–Kier alpha value is -2.89. The summed E-state index contributed by atoms with van der Waals surface area (Å²) in [4.78, 5) is 29.1. The molecule has 1 saturated heterocycles. The monoisotopic (exact) mass is 354 g/mol. The molecule has 0 saturated carbocycles. The van der Waals surface area contributed by atoms with Gasteiger partial charge in [0.05, 0.1) is 12.5 Å². The summed E-state index contributed by atoms with van der Waals surface area (Å²) in [5, 5.41) is 0. The third kappa shape index (κ3) is 2.29. The lowest BCUT2D eigenvalue weighted by atomic mass is 9.81. The summed E-state index contributed by atoms with van der Waals surface area (Å²) in [6, 6.07) is 11.1. The normalized spacial score (nSPS) is 21.4. The van der Waals surface area contributed by atoms with Crippen LogP contribution in [0.3, 0.4) is 0 Å². The topological polar surface area (TPSA) is 49.9 Å². The highest BCUT2D eigenvalue weighted by Gasteiger charge is 2.54. The first-order chi connectivity index (χ1) is 12.5. The van der Waals surface area contributed by atoms with Gasteiger partial charge >= 0.3 is 0 Å². The van der Waals surface area contributed by atoms with Crippen LogP contribution in [0.15, 0.2) is 42.5 Å². The van der Waals surface area contributed by atoms with Gasteiger partial charge in [0.25, 0.3) is 5.91 Å². The van der Waals surface area contributed by atoms with E-state index in [0.29, 0.717) is 30.8 Å². The van der Waals surface area contributed by atoms with Gasteiger partial charge in [-0.2, -0.15) is 0 Å². The molecule has 0 aliphatic carbocycles. The molecule has 5 nitrogen and oxygen atoms in total. The number of carbonyl (C=O) groups is 2. The van der Waals surface area contributed by atoms with E-state index in [1.54, 1.807) is 24.0 Å². The van der Waals surface area contributed by atoms with Crippen molar-refractivity contribution in [1.82, 2.24) is 4.90 Å². The minimum absolute atomic E-state index is 0.00448. The smallest absolute Gasteiger partial charge is 0.253 e. The highest BCUT2D eigenvalue weighted by Crippen LogP contribution is 2.48. The van der Waals surface area contributed by atoms with E-state index in [1.165, 1.54) is 24.3 Å². The molecule has 1 unspecified atom stereocenters. The molecule has 4 rings (SSSR count). The third-order valence-electron chi connectivity index (χ3n) is 5.44. The lowest BCUT2D eigenvalue weighted by Crippen LogP contribution is -2.42. The van der Waals surface area contributed by atoms with Crippen molar-refractivity contribution in [2.75, 3.05) is 32.1 Å². The van der Waals surface area contributed by atoms with Gasteiger partial charge in [-0.05, 0) is 54.4 Å². The number of hydrogen-bond donors (Lipinski definition) is 0. The average molecular weight is 354 g/mol. The molecule has 2 aliphatic rings. The van der Waals surface area contributed by atoms with E-state index >= 15 is 0 Å². The van der Waals surface area contributed by atoms with Crippen molar-refractivity contribution in [3.63, 3.8) is 0 Å². The van der Waals surface area contributed by atoms with Crippen LogP contribution in [0.5, 0.6) is 5.75 Å². The Morgan fingerprint density at radius 2 is 1.92 bits per heavy atom. The molecule has 0 radical (unpaired) electrons. The molecule has 2 amide bonds. The zero-order valence-electron chi connectivity index (χ0n) is 14.7.